The van der Waals surface area contributed by atoms with Gasteiger partial charge >= 0.3 is 0 Å². The number of amides is 3. The van der Waals surface area contributed by atoms with Gasteiger partial charge in [-0.3, -0.25) is 14.4 Å². The lowest BCUT2D eigenvalue weighted by Crippen LogP contribution is -2.44. The second kappa shape index (κ2) is 8.55. The Labute approximate surface area is 160 Å². The summed E-state index contributed by atoms with van der Waals surface area (Å²) in [5.74, 6) is 0.274. The normalized spacial score (nSPS) is 28.1. The van der Waals surface area contributed by atoms with Gasteiger partial charge in [0.1, 0.15) is 0 Å². The molecule has 6 nitrogen and oxygen atoms in total. The van der Waals surface area contributed by atoms with Crippen molar-refractivity contribution < 1.29 is 14.4 Å². The molecule has 146 valence electrons. The molecule has 3 N–H and O–H groups in total. The first kappa shape index (κ1) is 19.4. The van der Waals surface area contributed by atoms with Crippen LogP contribution in [0, 0.1) is 17.8 Å². The number of rotatable bonds is 4. The van der Waals surface area contributed by atoms with Gasteiger partial charge in [-0.2, -0.15) is 0 Å². The van der Waals surface area contributed by atoms with Crippen molar-refractivity contribution in [2.75, 3.05) is 10.6 Å². The molecule has 2 aliphatic rings. The van der Waals surface area contributed by atoms with E-state index in [9.17, 15) is 14.4 Å². The topological polar surface area (TPSA) is 87.3 Å². The van der Waals surface area contributed by atoms with E-state index in [1.54, 1.807) is 12.1 Å². The van der Waals surface area contributed by atoms with Crippen molar-refractivity contribution in [3.05, 3.63) is 24.3 Å². The summed E-state index contributed by atoms with van der Waals surface area (Å²) in [4.78, 5) is 36.6. The number of anilines is 2. The van der Waals surface area contributed by atoms with Crippen molar-refractivity contribution in [2.24, 2.45) is 17.8 Å². The first-order valence-electron chi connectivity index (χ1n) is 9.92. The summed E-state index contributed by atoms with van der Waals surface area (Å²) in [6, 6.07) is 7.21. The molecule has 1 heterocycles. The third kappa shape index (κ3) is 5.31. The Morgan fingerprint density at radius 3 is 2.15 bits per heavy atom. The van der Waals surface area contributed by atoms with E-state index in [4.69, 9.17) is 0 Å². The molecule has 0 aromatic heterocycles. The van der Waals surface area contributed by atoms with Gasteiger partial charge in [-0.15, -0.1) is 0 Å². The van der Waals surface area contributed by atoms with Crippen LogP contribution in [0.15, 0.2) is 24.3 Å². The van der Waals surface area contributed by atoms with Crippen LogP contribution >= 0.6 is 0 Å². The maximum absolute atomic E-state index is 12.5. The Morgan fingerprint density at radius 2 is 1.56 bits per heavy atom. The fourth-order valence-electron chi connectivity index (χ4n) is 4.01. The molecule has 6 heteroatoms. The van der Waals surface area contributed by atoms with E-state index in [1.165, 1.54) is 0 Å². The zero-order chi connectivity index (χ0) is 19.4. The molecule has 1 aromatic carbocycles. The van der Waals surface area contributed by atoms with E-state index in [1.807, 2.05) is 19.1 Å². The Bertz CT molecular complexity index is 710. The van der Waals surface area contributed by atoms with Crippen LogP contribution in [0.5, 0.6) is 0 Å². The maximum atomic E-state index is 12.5. The number of hydrogen-bond acceptors (Lipinski definition) is 3. The van der Waals surface area contributed by atoms with Crippen molar-refractivity contribution in [1.82, 2.24) is 5.32 Å². The van der Waals surface area contributed by atoms with Gasteiger partial charge in [0, 0.05) is 35.7 Å². The van der Waals surface area contributed by atoms with E-state index in [0.717, 1.165) is 25.7 Å². The molecule has 1 saturated carbocycles. The Hall–Kier alpha value is -2.37. The molecule has 0 bridgehead atoms. The summed E-state index contributed by atoms with van der Waals surface area (Å²) in [5.41, 5.74) is 1.32. The quantitative estimate of drug-likeness (QED) is 0.759. The molecular weight excluding hydrogens is 342 g/mol. The minimum Gasteiger partial charge on any atom is -0.354 e. The minimum absolute atomic E-state index is 0.00540. The average Bonchev–Trinajstić information content (AvgIpc) is 2.61. The van der Waals surface area contributed by atoms with E-state index >= 15 is 0 Å². The molecule has 1 aliphatic carbocycles. The third-order valence-corrected chi connectivity index (χ3v) is 5.63. The van der Waals surface area contributed by atoms with Crippen LogP contribution in [0.25, 0.3) is 0 Å². The molecule has 0 unspecified atom stereocenters. The van der Waals surface area contributed by atoms with Crippen LogP contribution < -0.4 is 16.0 Å². The second-order valence-corrected chi connectivity index (χ2v) is 8.12. The molecule has 3 amide bonds. The summed E-state index contributed by atoms with van der Waals surface area (Å²) in [5, 5.41) is 8.69. The van der Waals surface area contributed by atoms with Gasteiger partial charge < -0.3 is 16.0 Å². The van der Waals surface area contributed by atoms with Gasteiger partial charge in [0.25, 0.3) is 0 Å². The van der Waals surface area contributed by atoms with Gasteiger partial charge in [0.15, 0.2) is 0 Å². The van der Waals surface area contributed by atoms with Gasteiger partial charge in [0.2, 0.25) is 17.7 Å². The minimum atomic E-state index is -0.323. The van der Waals surface area contributed by atoms with Crippen LogP contribution in [0.4, 0.5) is 11.4 Å². The van der Waals surface area contributed by atoms with E-state index in [-0.39, 0.29) is 42.0 Å². The fraction of sp³-hybridized carbons (Fsp3) is 0.571. The van der Waals surface area contributed by atoms with E-state index in [2.05, 4.69) is 22.9 Å². The molecule has 27 heavy (non-hydrogen) atoms. The van der Waals surface area contributed by atoms with Crippen molar-refractivity contribution in [3.8, 4) is 0 Å². The van der Waals surface area contributed by atoms with Crippen LogP contribution in [0.2, 0.25) is 0 Å². The van der Waals surface area contributed by atoms with Crippen molar-refractivity contribution in [2.45, 2.75) is 58.4 Å². The van der Waals surface area contributed by atoms with Gasteiger partial charge in [0.05, 0.1) is 0 Å². The largest absolute Gasteiger partial charge is 0.354 e. The first-order chi connectivity index (χ1) is 12.9. The number of carbonyl (C=O) groups is 3. The summed E-state index contributed by atoms with van der Waals surface area (Å²) in [7, 11) is 0. The number of nitrogens with one attached hydrogen (secondary N) is 3. The van der Waals surface area contributed by atoms with Crippen LogP contribution in [-0.4, -0.2) is 23.8 Å². The third-order valence-electron chi connectivity index (χ3n) is 5.63. The van der Waals surface area contributed by atoms with Crippen LogP contribution in [0.1, 0.15) is 52.4 Å². The maximum Gasteiger partial charge on any atom is 0.228 e. The standard InChI is InChI=1S/C21H29N3O3/c1-13-6-8-15(9-7-13)20(26)23-17-4-3-5-18(12-17)24-21(27)16-10-14(2)22-19(25)11-16/h3-5,12-16H,6-11H2,1-2H3,(H,22,25)(H,23,26)(H,24,27)/t13?,14-,15?,16+/m0/s1. The molecule has 2 atom stereocenters. The predicted molar refractivity (Wildman–Crippen MR) is 105 cm³/mol. The van der Waals surface area contributed by atoms with Gasteiger partial charge in [-0.1, -0.05) is 13.0 Å². The number of hydrogen-bond donors (Lipinski definition) is 3. The highest BCUT2D eigenvalue weighted by Crippen LogP contribution is 2.29. The highest BCUT2D eigenvalue weighted by molar-refractivity contribution is 5.97. The highest BCUT2D eigenvalue weighted by Gasteiger charge is 2.29. The predicted octanol–water partition coefficient (Wildman–Crippen LogP) is 3.30. The number of piperidine rings is 1. The Kier molecular flexibility index (Phi) is 6.14. The van der Waals surface area contributed by atoms with Crippen molar-refractivity contribution in [1.29, 1.82) is 0 Å². The SMILES string of the molecule is CC1CCC(C(=O)Nc2cccc(NC(=O)[C@H]3CC(=O)N[C@@H](C)C3)c2)CC1. The number of benzene rings is 1. The fourth-order valence-corrected chi connectivity index (χ4v) is 4.01. The van der Waals surface area contributed by atoms with Crippen LogP contribution in [0.3, 0.4) is 0 Å². The monoisotopic (exact) mass is 371 g/mol. The smallest absolute Gasteiger partial charge is 0.228 e. The zero-order valence-electron chi connectivity index (χ0n) is 16.1. The molecule has 1 aliphatic heterocycles. The lowest BCUT2D eigenvalue weighted by atomic mass is 9.82. The summed E-state index contributed by atoms with van der Waals surface area (Å²) in [6.07, 6.45) is 4.92. The molecule has 3 rings (SSSR count). The van der Waals surface area contributed by atoms with E-state index < -0.39 is 0 Å². The lowest BCUT2D eigenvalue weighted by Gasteiger charge is -2.26. The zero-order valence-corrected chi connectivity index (χ0v) is 16.1. The highest BCUT2D eigenvalue weighted by atomic mass is 16.2. The second-order valence-electron chi connectivity index (χ2n) is 8.12. The Balaban J connectivity index is 1.57. The molecular formula is C21H29N3O3. The Morgan fingerprint density at radius 1 is 0.963 bits per heavy atom. The molecule has 0 spiro atoms. The summed E-state index contributed by atoms with van der Waals surface area (Å²) < 4.78 is 0. The van der Waals surface area contributed by atoms with Crippen molar-refractivity contribution >= 4 is 29.1 Å². The first-order valence-corrected chi connectivity index (χ1v) is 9.92. The van der Waals surface area contributed by atoms with Gasteiger partial charge in [-0.25, -0.2) is 0 Å². The summed E-state index contributed by atoms with van der Waals surface area (Å²) in [6.45, 7) is 4.14. The average molecular weight is 371 g/mol. The number of carbonyl (C=O) groups excluding carboxylic acids is 3. The van der Waals surface area contributed by atoms with E-state index in [0.29, 0.717) is 23.7 Å². The molecule has 2 fully saturated rings. The molecule has 1 saturated heterocycles. The summed E-state index contributed by atoms with van der Waals surface area (Å²) >= 11 is 0. The molecule has 1 aromatic rings. The van der Waals surface area contributed by atoms with Crippen LogP contribution in [-0.2, 0) is 14.4 Å². The van der Waals surface area contributed by atoms with Crippen molar-refractivity contribution in [3.63, 3.8) is 0 Å². The molecule has 0 radical (unpaired) electrons. The lowest BCUT2D eigenvalue weighted by molar-refractivity contribution is -0.130. The van der Waals surface area contributed by atoms with Gasteiger partial charge in [-0.05, 0) is 63.1 Å².